The Labute approximate surface area is 355 Å². The van der Waals surface area contributed by atoms with E-state index in [1.165, 1.54) is 35.1 Å². The van der Waals surface area contributed by atoms with Gasteiger partial charge in [-0.3, -0.25) is 19.3 Å². The third kappa shape index (κ3) is 7.25. The Morgan fingerprint density at radius 1 is 0.879 bits per heavy atom. The lowest BCUT2D eigenvalue weighted by molar-refractivity contribution is -0.199. The first-order valence-corrected chi connectivity index (χ1v) is 23.2. The summed E-state index contributed by atoms with van der Waals surface area (Å²) in [5.74, 6) is 1.11. The number of ketones is 2. The average molecular weight is 814 g/mol. The molecule has 6 aliphatic rings. The molecule has 0 amide bonds. The van der Waals surface area contributed by atoms with E-state index in [2.05, 4.69) is 96.6 Å². The van der Waals surface area contributed by atoms with Crippen molar-refractivity contribution in [2.24, 2.45) is 56.7 Å². The minimum absolute atomic E-state index is 0.0151. The van der Waals surface area contributed by atoms with Crippen LogP contribution in [0.3, 0.4) is 0 Å². The molecule has 0 saturated heterocycles. The molecule has 1 aromatic rings. The third-order valence-corrected chi connectivity index (χ3v) is 18.0. The monoisotopic (exact) mass is 813 g/mol. The number of halogens is 1. The highest BCUT2D eigenvalue weighted by molar-refractivity contribution is 6.30. The topological polar surface area (TPSA) is 77.9 Å². The molecule has 3 unspecified atom stereocenters. The second kappa shape index (κ2) is 16.1. The number of carboxylic acid groups (broad SMARTS) is 1. The maximum atomic E-state index is 15.0. The van der Waals surface area contributed by atoms with Gasteiger partial charge in [0.1, 0.15) is 5.78 Å². The Hall–Kier alpha value is -2.54. The van der Waals surface area contributed by atoms with Crippen molar-refractivity contribution < 1.29 is 19.5 Å². The molecule has 0 radical (unpaired) electrons. The van der Waals surface area contributed by atoms with E-state index in [1.54, 1.807) is 0 Å². The van der Waals surface area contributed by atoms with Crippen LogP contribution in [-0.2, 0) is 20.9 Å². The number of carbonyl (C=O) groups excluding carboxylic acids is 2. The average Bonchev–Trinajstić information content (AvgIpc) is 3.48. The van der Waals surface area contributed by atoms with E-state index in [1.807, 2.05) is 12.1 Å². The van der Waals surface area contributed by atoms with E-state index in [0.29, 0.717) is 36.9 Å². The minimum atomic E-state index is -0.665. The second-order valence-corrected chi connectivity index (χ2v) is 22.0. The van der Waals surface area contributed by atoms with Gasteiger partial charge in [-0.15, -0.1) is 0 Å². The molecule has 6 nitrogen and oxygen atoms in total. The van der Waals surface area contributed by atoms with E-state index in [9.17, 15) is 19.5 Å². The van der Waals surface area contributed by atoms with Crippen LogP contribution in [0.1, 0.15) is 138 Å². The number of Topliss-reactive ketones (excluding diaryl/α,β-unsaturated/α-hetero) is 2. The summed E-state index contributed by atoms with van der Waals surface area (Å²) in [6.45, 7) is 20.7. The molecule has 58 heavy (non-hydrogen) atoms. The number of carbonyl (C=O) groups is 3. The van der Waals surface area contributed by atoms with Crippen LogP contribution in [0, 0.1) is 56.7 Å². The van der Waals surface area contributed by atoms with Crippen molar-refractivity contribution in [3.8, 4) is 0 Å². The molecular formula is C51H73ClN2O4. The van der Waals surface area contributed by atoms with E-state index < -0.39 is 11.4 Å². The number of rotatable bonds is 13. The lowest BCUT2D eigenvalue weighted by atomic mass is 9.33. The molecule has 0 spiro atoms. The minimum Gasteiger partial charge on any atom is -0.481 e. The number of hydrogen-bond acceptors (Lipinski definition) is 5. The lowest BCUT2D eigenvalue weighted by Gasteiger charge is -2.71. The zero-order valence-corrected chi connectivity index (χ0v) is 38.1. The van der Waals surface area contributed by atoms with Gasteiger partial charge in [-0.05, 0) is 177 Å². The van der Waals surface area contributed by atoms with Crippen LogP contribution in [-0.4, -0.2) is 66.2 Å². The van der Waals surface area contributed by atoms with Crippen LogP contribution in [0.4, 0.5) is 0 Å². The number of fused-ring (bicyclic) bond motifs is 7. The summed E-state index contributed by atoms with van der Waals surface area (Å²) in [4.78, 5) is 45.6. The molecule has 1 N–H and O–H groups in total. The maximum absolute atomic E-state index is 15.0. The van der Waals surface area contributed by atoms with Crippen LogP contribution < -0.4 is 0 Å². The zero-order valence-electron chi connectivity index (χ0n) is 37.3. The molecule has 0 bridgehead atoms. The molecule has 7 heteroatoms. The predicted molar refractivity (Wildman–Crippen MR) is 235 cm³/mol. The van der Waals surface area contributed by atoms with Gasteiger partial charge >= 0.3 is 5.97 Å². The summed E-state index contributed by atoms with van der Waals surface area (Å²) in [5, 5.41) is 10.4. The molecule has 0 aromatic heterocycles. The maximum Gasteiger partial charge on any atom is 0.306 e. The van der Waals surface area contributed by atoms with Crippen LogP contribution in [0.5, 0.6) is 0 Å². The van der Waals surface area contributed by atoms with Gasteiger partial charge < -0.3 is 10.0 Å². The number of carboxylic acids is 1. The Morgan fingerprint density at radius 3 is 2.24 bits per heavy atom. The molecule has 7 rings (SSSR count). The Morgan fingerprint density at radius 2 is 1.60 bits per heavy atom. The van der Waals surface area contributed by atoms with Gasteiger partial charge in [0, 0.05) is 37.5 Å². The van der Waals surface area contributed by atoms with Crippen molar-refractivity contribution in [2.75, 3.05) is 33.7 Å². The summed E-state index contributed by atoms with van der Waals surface area (Å²) < 4.78 is 0. The van der Waals surface area contributed by atoms with Gasteiger partial charge in [-0.1, -0.05) is 84.4 Å². The first-order chi connectivity index (χ1) is 27.3. The predicted octanol–water partition coefficient (Wildman–Crippen LogP) is 11.4. The van der Waals surface area contributed by atoms with Gasteiger partial charge in [-0.2, -0.15) is 0 Å². The van der Waals surface area contributed by atoms with Crippen molar-refractivity contribution in [1.82, 2.24) is 9.80 Å². The van der Waals surface area contributed by atoms with Crippen LogP contribution in [0.2, 0.25) is 5.02 Å². The largest absolute Gasteiger partial charge is 0.481 e. The van der Waals surface area contributed by atoms with Crippen LogP contribution >= 0.6 is 11.6 Å². The quantitative estimate of drug-likeness (QED) is 0.214. The first kappa shape index (κ1) is 43.5. The fraction of sp³-hybridized carbons (Fsp3) is 0.706. The van der Waals surface area contributed by atoms with Crippen LogP contribution in [0.15, 0.2) is 58.7 Å². The SMILES string of the molecule is CC(C)C1=C2C3CCC4[C@@]5(C)CC=C(C6=CC[C@@H](C(=O)O)CC6)C(C)(C)C5CC[C@@]4(C)[C@]3(C)CC[C@@]2(C(=O)CCCN(CCN(C)C)Cc2ccc(Cl)cc2)CC1=O. The molecule has 318 valence electrons. The molecule has 3 saturated carbocycles. The molecular weight excluding hydrogens is 740 g/mol. The first-order valence-electron chi connectivity index (χ1n) is 22.8. The fourth-order valence-corrected chi connectivity index (χ4v) is 14.7. The standard InChI is InChI=1S/C51H73ClN2O4/c1-33(2)44-40(55)31-51(43(56)11-10-28-54(30-29-53(8)9)32-34-12-18-37(52)19-13-34)27-26-49(6)39(45(44)51)20-21-42-48(5)24-22-38(35-14-16-36(17-15-35)46(57)58)47(3,4)41(48)23-25-50(42,49)7/h12-14,18-19,22,33,36,39,41-42H,10-11,15-17,20-21,23-32H2,1-9H3,(H,57,58)/t36-,39?,41?,42?,48+,49-,50-,51+/m1/s1. The highest BCUT2D eigenvalue weighted by Gasteiger charge is 2.70. The van der Waals surface area contributed by atoms with Gasteiger partial charge in [0.2, 0.25) is 0 Å². The second-order valence-electron chi connectivity index (χ2n) is 21.6. The van der Waals surface area contributed by atoms with Crippen molar-refractivity contribution in [1.29, 1.82) is 0 Å². The zero-order chi connectivity index (χ0) is 42.0. The van der Waals surface area contributed by atoms with Crippen molar-refractivity contribution >= 4 is 29.1 Å². The summed E-state index contributed by atoms with van der Waals surface area (Å²) >= 11 is 6.20. The summed E-state index contributed by atoms with van der Waals surface area (Å²) in [7, 11) is 4.22. The molecule has 0 aliphatic heterocycles. The molecule has 6 aliphatic carbocycles. The fourth-order valence-electron chi connectivity index (χ4n) is 14.6. The smallest absolute Gasteiger partial charge is 0.306 e. The Kier molecular flexibility index (Phi) is 12.1. The number of nitrogens with zero attached hydrogens (tertiary/aromatic N) is 2. The van der Waals surface area contributed by atoms with Gasteiger partial charge in [0.05, 0.1) is 11.3 Å². The number of hydrogen-bond donors (Lipinski definition) is 1. The molecule has 1 aromatic carbocycles. The Balaban J connectivity index is 1.13. The number of allylic oxidation sites excluding steroid dienone is 6. The van der Waals surface area contributed by atoms with E-state index in [-0.39, 0.29) is 45.2 Å². The number of benzene rings is 1. The number of aliphatic carboxylic acids is 1. The Bertz CT molecular complexity index is 1870. The summed E-state index contributed by atoms with van der Waals surface area (Å²) in [6, 6.07) is 8.11. The summed E-state index contributed by atoms with van der Waals surface area (Å²) in [5.41, 5.74) is 6.02. The van der Waals surface area contributed by atoms with Crippen molar-refractivity contribution in [3.05, 3.63) is 69.3 Å². The van der Waals surface area contributed by atoms with Crippen molar-refractivity contribution in [3.63, 3.8) is 0 Å². The highest BCUT2D eigenvalue weighted by Crippen LogP contribution is 2.77. The van der Waals surface area contributed by atoms with Gasteiger partial charge in [0.25, 0.3) is 0 Å². The van der Waals surface area contributed by atoms with E-state index >= 15 is 0 Å². The van der Waals surface area contributed by atoms with Gasteiger partial charge in [-0.25, -0.2) is 0 Å². The van der Waals surface area contributed by atoms with Crippen LogP contribution in [0.25, 0.3) is 0 Å². The molecule has 0 heterocycles. The number of likely N-dealkylation sites (N-methyl/N-ethyl adjacent to an activating group) is 1. The highest BCUT2D eigenvalue weighted by atomic mass is 35.5. The molecule has 3 fully saturated rings. The van der Waals surface area contributed by atoms with Crippen molar-refractivity contribution in [2.45, 2.75) is 138 Å². The summed E-state index contributed by atoms with van der Waals surface area (Å²) in [6.07, 6.45) is 16.2. The van der Waals surface area contributed by atoms with Gasteiger partial charge in [0.15, 0.2) is 5.78 Å². The third-order valence-electron chi connectivity index (χ3n) is 17.7. The van der Waals surface area contributed by atoms with E-state index in [4.69, 9.17) is 11.6 Å². The lowest BCUT2D eigenvalue weighted by Crippen LogP contribution is -2.64. The normalized spacial score (nSPS) is 35.6. The molecule has 8 atom stereocenters. The van der Waals surface area contributed by atoms with E-state index in [0.717, 1.165) is 88.1 Å².